The third-order valence-corrected chi connectivity index (χ3v) is 5.96. The molecular formula is C15H20BrNOS. The van der Waals surface area contributed by atoms with Crippen LogP contribution in [0.4, 0.5) is 0 Å². The molecule has 1 aliphatic heterocycles. The molecule has 1 atom stereocenters. The Bertz CT molecular complexity index is 447. The summed E-state index contributed by atoms with van der Waals surface area (Å²) in [5.41, 5.74) is 1.43. The maximum absolute atomic E-state index is 12.6. The number of thiophene rings is 1. The summed E-state index contributed by atoms with van der Waals surface area (Å²) in [7, 11) is 0. The summed E-state index contributed by atoms with van der Waals surface area (Å²) in [6, 6.07) is 2.16. The van der Waals surface area contributed by atoms with E-state index in [1.807, 2.05) is 0 Å². The fraction of sp³-hybridized carbons (Fsp3) is 0.667. The molecule has 1 aromatic heterocycles. The maximum Gasteiger partial charge on any atom is 0.263 e. The minimum Gasteiger partial charge on any atom is -0.338 e. The van der Waals surface area contributed by atoms with E-state index in [2.05, 4.69) is 26.9 Å². The van der Waals surface area contributed by atoms with Gasteiger partial charge in [0.2, 0.25) is 0 Å². The monoisotopic (exact) mass is 341 g/mol. The van der Waals surface area contributed by atoms with E-state index in [-0.39, 0.29) is 5.91 Å². The van der Waals surface area contributed by atoms with Crippen LogP contribution in [0.1, 0.15) is 45.8 Å². The molecule has 104 valence electrons. The van der Waals surface area contributed by atoms with Gasteiger partial charge in [-0.25, -0.2) is 0 Å². The van der Waals surface area contributed by atoms with Gasteiger partial charge in [-0.2, -0.15) is 0 Å². The molecule has 1 unspecified atom stereocenters. The number of amides is 1. The first kappa shape index (κ1) is 13.6. The third-order valence-electron chi connectivity index (χ3n) is 4.28. The molecule has 0 radical (unpaired) electrons. The van der Waals surface area contributed by atoms with Gasteiger partial charge in [-0.15, -0.1) is 11.3 Å². The summed E-state index contributed by atoms with van der Waals surface area (Å²) in [6.45, 7) is 1.90. The summed E-state index contributed by atoms with van der Waals surface area (Å²) in [4.78, 5) is 17.1. The average molecular weight is 342 g/mol. The van der Waals surface area contributed by atoms with Crippen LogP contribution in [0.5, 0.6) is 0 Å². The van der Waals surface area contributed by atoms with Crippen molar-refractivity contribution in [3.8, 4) is 0 Å². The molecule has 0 aromatic carbocycles. The number of fused-ring (bicyclic) bond motifs is 1. The van der Waals surface area contributed by atoms with Gasteiger partial charge in [-0.3, -0.25) is 4.79 Å². The topological polar surface area (TPSA) is 20.3 Å². The van der Waals surface area contributed by atoms with Gasteiger partial charge in [0.1, 0.15) is 0 Å². The minimum atomic E-state index is 0.277. The highest BCUT2D eigenvalue weighted by molar-refractivity contribution is 9.09. The van der Waals surface area contributed by atoms with Crippen LogP contribution in [-0.4, -0.2) is 29.2 Å². The van der Waals surface area contributed by atoms with Crippen LogP contribution in [-0.2, 0) is 12.8 Å². The van der Waals surface area contributed by atoms with Gasteiger partial charge in [0.05, 0.1) is 4.88 Å². The molecule has 1 aliphatic carbocycles. The summed E-state index contributed by atoms with van der Waals surface area (Å²) in [6.07, 6.45) is 7.24. The lowest BCUT2D eigenvalue weighted by Crippen LogP contribution is -2.39. The van der Waals surface area contributed by atoms with Crippen molar-refractivity contribution in [1.82, 2.24) is 4.90 Å². The number of rotatable bonds is 3. The Morgan fingerprint density at radius 2 is 2.32 bits per heavy atom. The SMILES string of the molecule is O=C(c1cc2c(s1)CCC2)N1CCCC(CCBr)C1. The molecule has 1 aromatic rings. The van der Waals surface area contributed by atoms with E-state index in [1.165, 1.54) is 42.5 Å². The van der Waals surface area contributed by atoms with Gasteiger partial charge in [-0.05, 0) is 56.1 Å². The van der Waals surface area contributed by atoms with Crippen LogP contribution in [0.2, 0.25) is 0 Å². The zero-order valence-electron chi connectivity index (χ0n) is 11.2. The second-order valence-electron chi connectivity index (χ2n) is 5.65. The average Bonchev–Trinajstić information content (AvgIpc) is 2.99. The molecule has 1 saturated heterocycles. The molecule has 0 spiro atoms. The van der Waals surface area contributed by atoms with Crippen LogP contribution in [0.15, 0.2) is 6.07 Å². The lowest BCUT2D eigenvalue weighted by molar-refractivity contribution is 0.0677. The Hall–Kier alpha value is -0.350. The number of carbonyl (C=O) groups excluding carboxylic acids is 1. The summed E-state index contributed by atoms with van der Waals surface area (Å²) >= 11 is 5.25. The van der Waals surface area contributed by atoms with E-state index >= 15 is 0 Å². The fourth-order valence-electron chi connectivity index (χ4n) is 3.23. The first-order chi connectivity index (χ1) is 9.28. The van der Waals surface area contributed by atoms with Crippen molar-refractivity contribution in [2.45, 2.75) is 38.5 Å². The quantitative estimate of drug-likeness (QED) is 0.764. The number of alkyl halides is 1. The number of aryl methyl sites for hydroxylation is 2. The minimum absolute atomic E-state index is 0.277. The Balaban J connectivity index is 1.68. The highest BCUT2D eigenvalue weighted by atomic mass is 79.9. The lowest BCUT2D eigenvalue weighted by Gasteiger charge is -2.32. The summed E-state index contributed by atoms with van der Waals surface area (Å²) < 4.78 is 0. The third kappa shape index (κ3) is 2.89. The molecular weight excluding hydrogens is 322 g/mol. The van der Waals surface area contributed by atoms with Crippen molar-refractivity contribution in [2.75, 3.05) is 18.4 Å². The van der Waals surface area contributed by atoms with Gasteiger partial charge in [0, 0.05) is 23.3 Å². The molecule has 19 heavy (non-hydrogen) atoms. The van der Waals surface area contributed by atoms with Gasteiger partial charge < -0.3 is 4.90 Å². The second kappa shape index (κ2) is 5.96. The van der Waals surface area contributed by atoms with Crippen LogP contribution < -0.4 is 0 Å². The van der Waals surface area contributed by atoms with Gasteiger partial charge in [0.15, 0.2) is 0 Å². The van der Waals surface area contributed by atoms with Crippen LogP contribution >= 0.6 is 27.3 Å². The van der Waals surface area contributed by atoms with Gasteiger partial charge in [0.25, 0.3) is 5.91 Å². The number of hydrogen-bond acceptors (Lipinski definition) is 2. The second-order valence-corrected chi connectivity index (χ2v) is 7.58. The van der Waals surface area contributed by atoms with Crippen LogP contribution in [0.25, 0.3) is 0 Å². The molecule has 1 fully saturated rings. The molecule has 2 aliphatic rings. The van der Waals surface area contributed by atoms with E-state index in [0.717, 1.165) is 29.7 Å². The Morgan fingerprint density at radius 3 is 3.11 bits per heavy atom. The van der Waals surface area contributed by atoms with Crippen LogP contribution in [0, 0.1) is 5.92 Å². The predicted octanol–water partition coefficient (Wildman–Crippen LogP) is 3.87. The van der Waals surface area contributed by atoms with Gasteiger partial charge in [-0.1, -0.05) is 15.9 Å². The fourth-order valence-corrected chi connectivity index (χ4v) is 5.10. The zero-order chi connectivity index (χ0) is 13.2. The molecule has 0 saturated carbocycles. The van der Waals surface area contributed by atoms with Crippen LogP contribution in [0.3, 0.4) is 0 Å². The van der Waals surface area contributed by atoms with Crippen molar-refractivity contribution < 1.29 is 4.79 Å². The molecule has 2 heterocycles. The number of likely N-dealkylation sites (tertiary alicyclic amines) is 1. The number of nitrogens with zero attached hydrogens (tertiary/aromatic N) is 1. The highest BCUT2D eigenvalue weighted by Gasteiger charge is 2.26. The van der Waals surface area contributed by atoms with E-state index in [1.54, 1.807) is 11.3 Å². The summed E-state index contributed by atoms with van der Waals surface area (Å²) in [5, 5.41) is 1.05. The van der Waals surface area contributed by atoms with Crippen molar-refractivity contribution in [2.24, 2.45) is 5.92 Å². The maximum atomic E-state index is 12.6. The highest BCUT2D eigenvalue weighted by Crippen LogP contribution is 2.32. The van der Waals surface area contributed by atoms with Crippen molar-refractivity contribution >= 4 is 33.2 Å². The normalized spacial score (nSPS) is 22.6. The largest absolute Gasteiger partial charge is 0.338 e. The van der Waals surface area contributed by atoms with E-state index < -0.39 is 0 Å². The number of piperidine rings is 1. The van der Waals surface area contributed by atoms with Crippen molar-refractivity contribution in [3.63, 3.8) is 0 Å². The number of halogens is 1. The molecule has 3 rings (SSSR count). The zero-order valence-corrected chi connectivity index (χ0v) is 13.6. The molecule has 1 amide bonds. The van der Waals surface area contributed by atoms with E-state index in [4.69, 9.17) is 0 Å². The molecule has 0 bridgehead atoms. The lowest BCUT2D eigenvalue weighted by atomic mass is 9.95. The Labute approximate surface area is 127 Å². The van der Waals surface area contributed by atoms with E-state index in [9.17, 15) is 4.79 Å². The Morgan fingerprint density at radius 1 is 1.42 bits per heavy atom. The molecule has 4 heteroatoms. The first-order valence-electron chi connectivity index (χ1n) is 7.24. The smallest absolute Gasteiger partial charge is 0.263 e. The number of hydrogen-bond donors (Lipinski definition) is 0. The standard InChI is InChI=1S/C15H20BrNOS/c16-7-6-11-3-2-8-17(10-11)15(18)14-9-12-4-1-5-13(12)19-14/h9,11H,1-8,10H2. The van der Waals surface area contributed by atoms with Crippen molar-refractivity contribution in [3.05, 3.63) is 21.4 Å². The number of carbonyl (C=O) groups is 1. The molecule has 0 N–H and O–H groups in total. The van der Waals surface area contributed by atoms with Crippen molar-refractivity contribution in [1.29, 1.82) is 0 Å². The van der Waals surface area contributed by atoms with E-state index in [0.29, 0.717) is 5.92 Å². The Kier molecular flexibility index (Phi) is 4.27. The molecule has 2 nitrogen and oxygen atoms in total. The van der Waals surface area contributed by atoms with Gasteiger partial charge >= 0.3 is 0 Å². The predicted molar refractivity (Wildman–Crippen MR) is 83.4 cm³/mol. The first-order valence-corrected chi connectivity index (χ1v) is 9.18. The summed E-state index contributed by atoms with van der Waals surface area (Å²) in [5.74, 6) is 0.961.